The van der Waals surface area contributed by atoms with Gasteiger partial charge in [-0.05, 0) is 66.1 Å². The summed E-state index contributed by atoms with van der Waals surface area (Å²) in [5.74, 6) is 1.27. The summed E-state index contributed by atoms with van der Waals surface area (Å²) in [5, 5.41) is 10.6. The van der Waals surface area contributed by atoms with Gasteiger partial charge >= 0.3 is 0 Å². The Morgan fingerprint density at radius 3 is 2.60 bits per heavy atom. The summed E-state index contributed by atoms with van der Waals surface area (Å²) in [6.45, 7) is 2.40. The van der Waals surface area contributed by atoms with Gasteiger partial charge in [-0.1, -0.05) is 47.5 Å². The lowest BCUT2D eigenvalue weighted by Crippen LogP contribution is -1.95. The molecule has 0 atom stereocenters. The predicted molar refractivity (Wildman–Crippen MR) is 122 cm³/mol. The maximum Gasteiger partial charge on any atom is 0.149 e. The van der Waals surface area contributed by atoms with Crippen molar-refractivity contribution in [3.63, 3.8) is 0 Å². The van der Waals surface area contributed by atoms with Crippen molar-refractivity contribution in [3.05, 3.63) is 93.2 Å². The maximum atomic E-state index is 9.60. The first-order valence-electron chi connectivity index (χ1n) is 9.27. The van der Waals surface area contributed by atoms with Gasteiger partial charge in [0.2, 0.25) is 0 Å². The molecule has 0 fully saturated rings. The molecule has 4 aromatic rings. The Kier molecular flexibility index (Phi) is 5.76. The molecule has 0 saturated heterocycles. The Morgan fingerprint density at radius 1 is 1.07 bits per heavy atom. The largest absolute Gasteiger partial charge is 0.489 e. The molecule has 0 aliphatic rings. The number of hydrogen-bond donors (Lipinski definition) is 1. The lowest BCUT2D eigenvalue weighted by atomic mass is 10.1. The molecule has 1 aromatic heterocycles. The molecule has 148 valence electrons. The topological polar surface area (TPSA) is 61.7 Å². The van der Waals surface area contributed by atoms with Gasteiger partial charge in [0.1, 0.15) is 24.3 Å². The van der Waals surface area contributed by atoms with Crippen molar-refractivity contribution < 1.29 is 4.74 Å². The van der Waals surface area contributed by atoms with Gasteiger partial charge in [0.05, 0.1) is 26.7 Å². The van der Waals surface area contributed by atoms with Crippen molar-refractivity contribution in [3.8, 4) is 11.8 Å². The summed E-state index contributed by atoms with van der Waals surface area (Å²) in [6.07, 6.45) is 1.80. The number of rotatable bonds is 5. The Bertz CT molecular complexity index is 1280. The minimum Gasteiger partial charge on any atom is -0.489 e. The Hall–Kier alpha value is -3.26. The molecule has 0 bridgehead atoms. The zero-order valence-corrected chi connectivity index (χ0v) is 17.6. The molecule has 0 unspecified atom stereocenters. The highest BCUT2D eigenvalue weighted by atomic mass is 35.5. The van der Waals surface area contributed by atoms with Gasteiger partial charge < -0.3 is 9.72 Å². The minimum atomic E-state index is 0.383. The van der Waals surface area contributed by atoms with Gasteiger partial charge in [0, 0.05) is 0 Å². The number of allylic oxidation sites excluding steroid dienone is 1. The van der Waals surface area contributed by atoms with E-state index < -0.39 is 0 Å². The van der Waals surface area contributed by atoms with Crippen LogP contribution >= 0.6 is 23.2 Å². The number of aromatic nitrogens is 2. The van der Waals surface area contributed by atoms with Crippen molar-refractivity contribution in [1.29, 1.82) is 5.26 Å². The number of benzene rings is 3. The van der Waals surface area contributed by atoms with E-state index in [9.17, 15) is 5.26 Å². The molecule has 0 aliphatic carbocycles. The molecule has 30 heavy (non-hydrogen) atoms. The number of nitrogens with zero attached hydrogens (tertiary/aromatic N) is 2. The van der Waals surface area contributed by atoms with Crippen LogP contribution in [-0.4, -0.2) is 9.97 Å². The molecule has 4 nitrogen and oxygen atoms in total. The zero-order chi connectivity index (χ0) is 21.1. The van der Waals surface area contributed by atoms with Crippen LogP contribution in [0, 0.1) is 18.3 Å². The quantitative estimate of drug-likeness (QED) is 0.351. The second kappa shape index (κ2) is 8.62. The number of halogens is 2. The predicted octanol–water partition coefficient (Wildman–Crippen LogP) is 6.82. The third-order valence-corrected chi connectivity index (χ3v) is 5.33. The second-order valence-corrected chi connectivity index (χ2v) is 7.70. The lowest BCUT2D eigenvalue weighted by Gasteiger charge is -2.07. The number of hydrogen-bond acceptors (Lipinski definition) is 3. The van der Waals surface area contributed by atoms with Crippen molar-refractivity contribution in [1.82, 2.24) is 9.97 Å². The minimum absolute atomic E-state index is 0.383. The lowest BCUT2D eigenvalue weighted by molar-refractivity contribution is 0.306. The Labute approximate surface area is 184 Å². The van der Waals surface area contributed by atoms with Gasteiger partial charge in [-0.3, -0.25) is 0 Å². The van der Waals surface area contributed by atoms with E-state index in [-0.39, 0.29) is 0 Å². The fourth-order valence-electron chi connectivity index (χ4n) is 3.03. The van der Waals surface area contributed by atoms with E-state index >= 15 is 0 Å². The standard InChI is InChI=1S/C24H17Cl2N3O/c1-15-2-9-22-23(10-15)29-24(28-22)18(13-27)11-16-3-6-19(7-4-16)30-14-17-5-8-20(25)21(26)12-17/h2-12H,14H2,1H3,(H,28,29)/b18-11-. The van der Waals surface area contributed by atoms with Crippen LogP contribution < -0.4 is 4.74 Å². The van der Waals surface area contributed by atoms with E-state index in [1.165, 1.54) is 0 Å². The van der Waals surface area contributed by atoms with Crippen LogP contribution in [0.15, 0.2) is 60.7 Å². The van der Waals surface area contributed by atoms with Crippen molar-refractivity contribution in [2.24, 2.45) is 0 Å². The van der Waals surface area contributed by atoms with E-state index in [1.807, 2.05) is 55.5 Å². The summed E-state index contributed by atoms with van der Waals surface area (Å²) in [4.78, 5) is 7.74. The van der Waals surface area contributed by atoms with Crippen LogP contribution in [0.1, 0.15) is 22.5 Å². The number of ether oxygens (including phenoxy) is 1. The van der Waals surface area contributed by atoms with Crippen molar-refractivity contribution >= 4 is 45.9 Å². The van der Waals surface area contributed by atoms with Crippen LogP contribution in [0.3, 0.4) is 0 Å². The van der Waals surface area contributed by atoms with Crippen LogP contribution in [0.5, 0.6) is 5.75 Å². The third kappa shape index (κ3) is 4.49. The van der Waals surface area contributed by atoms with E-state index in [1.54, 1.807) is 18.2 Å². The van der Waals surface area contributed by atoms with Gasteiger partial charge in [0.25, 0.3) is 0 Å². The van der Waals surface area contributed by atoms with Gasteiger partial charge in [-0.2, -0.15) is 5.26 Å². The fraction of sp³-hybridized carbons (Fsp3) is 0.0833. The molecule has 0 saturated carbocycles. The average Bonchev–Trinajstić information content (AvgIpc) is 3.16. The van der Waals surface area contributed by atoms with Gasteiger partial charge in [0.15, 0.2) is 0 Å². The zero-order valence-electron chi connectivity index (χ0n) is 16.1. The SMILES string of the molecule is Cc1ccc2nc(/C(C#N)=C\c3ccc(OCc4ccc(Cl)c(Cl)c4)cc3)[nH]c2c1. The first kappa shape index (κ1) is 20.0. The van der Waals surface area contributed by atoms with Crippen LogP contribution in [0.4, 0.5) is 0 Å². The maximum absolute atomic E-state index is 9.60. The summed E-state index contributed by atoms with van der Waals surface area (Å²) in [7, 11) is 0. The average molecular weight is 434 g/mol. The van der Waals surface area contributed by atoms with E-state index in [0.29, 0.717) is 28.0 Å². The first-order valence-corrected chi connectivity index (χ1v) is 10.0. The highest BCUT2D eigenvalue weighted by molar-refractivity contribution is 6.42. The molecule has 1 N–H and O–H groups in total. The molecular formula is C24H17Cl2N3O. The monoisotopic (exact) mass is 433 g/mol. The van der Waals surface area contributed by atoms with E-state index in [0.717, 1.165) is 33.5 Å². The summed E-state index contributed by atoms with van der Waals surface area (Å²) in [6, 6.07) is 21.1. The number of aryl methyl sites for hydroxylation is 1. The molecule has 6 heteroatoms. The van der Waals surface area contributed by atoms with Crippen LogP contribution in [0.2, 0.25) is 10.0 Å². The Balaban J connectivity index is 1.49. The Morgan fingerprint density at radius 2 is 1.87 bits per heavy atom. The van der Waals surface area contributed by atoms with Gasteiger partial charge in [-0.25, -0.2) is 4.98 Å². The van der Waals surface area contributed by atoms with E-state index in [2.05, 4.69) is 16.0 Å². The highest BCUT2D eigenvalue weighted by Gasteiger charge is 2.08. The molecular weight excluding hydrogens is 417 g/mol. The third-order valence-electron chi connectivity index (χ3n) is 4.59. The second-order valence-electron chi connectivity index (χ2n) is 6.88. The fourth-order valence-corrected chi connectivity index (χ4v) is 3.35. The summed E-state index contributed by atoms with van der Waals surface area (Å²) >= 11 is 12.0. The summed E-state index contributed by atoms with van der Waals surface area (Å²) in [5.41, 5.74) is 5.16. The molecule has 0 aliphatic heterocycles. The number of fused-ring (bicyclic) bond motifs is 1. The number of nitrogens with one attached hydrogen (secondary N) is 1. The normalized spacial score (nSPS) is 11.5. The number of aromatic amines is 1. The molecule has 0 amide bonds. The first-order chi connectivity index (χ1) is 14.5. The van der Waals surface area contributed by atoms with Crippen LogP contribution in [-0.2, 0) is 6.61 Å². The summed E-state index contributed by atoms with van der Waals surface area (Å²) < 4.78 is 5.80. The van der Waals surface area contributed by atoms with E-state index in [4.69, 9.17) is 27.9 Å². The number of nitriles is 1. The highest BCUT2D eigenvalue weighted by Crippen LogP contribution is 2.24. The smallest absolute Gasteiger partial charge is 0.149 e. The van der Waals surface area contributed by atoms with Crippen molar-refractivity contribution in [2.75, 3.05) is 0 Å². The molecule has 3 aromatic carbocycles. The number of H-pyrrole nitrogens is 1. The molecule has 0 radical (unpaired) electrons. The molecule has 1 heterocycles. The van der Waals surface area contributed by atoms with Crippen LogP contribution in [0.25, 0.3) is 22.7 Å². The number of imidazole rings is 1. The molecule has 0 spiro atoms. The van der Waals surface area contributed by atoms with Gasteiger partial charge in [-0.15, -0.1) is 0 Å². The van der Waals surface area contributed by atoms with Crippen molar-refractivity contribution in [2.45, 2.75) is 13.5 Å². The molecule has 4 rings (SSSR count).